The minimum Gasteiger partial charge on any atom is -0.384 e. The number of amides is 2. The van der Waals surface area contributed by atoms with E-state index in [0.717, 1.165) is 10.0 Å². The van der Waals surface area contributed by atoms with E-state index < -0.39 is 12.0 Å². The van der Waals surface area contributed by atoms with Crippen molar-refractivity contribution in [2.45, 2.75) is 20.0 Å². The lowest BCUT2D eigenvalue weighted by atomic mass is 10.2. The van der Waals surface area contributed by atoms with Gasteiger partial charge in [0.15, 0.2) is 0 Å². The molecule has 0 aliphatic carbocycles. The van der Waals surface area contributed by atoms with Gasteiger partial charge in [-0.3, -0.25) is 9.59 Å². The molecule has 5 nitrogen and oxygen atoms in total. The van der Waals surface area contributed by atoms with Crippen LogP contribution in [0.2, 0.25) is 0 Å². The van der Waals surface area contributed by atoms with Crippen LogP contribution >= 0.6 is 15.9 Å². The molecule has 2 amide bonds. The number of likely N-dealkylation sites (N-methyl/N-ethyl adjacent to an activating group) is 1. The first kappa shape index (κ1) is 15.7. The number of aliphatic hydroxyl groups is 1. The molecule has 19 heavy (non-hydrogen) atoms. The van der Waals surface area contributed by atoms with E-state index in [-0.39, 0.29) is 12.5 Å². The Labute approximate surface area is 120 Å². The average Bonchev–Trinajstić information content (AvgIpc) is 2.31. The fraction of sp³-hybridized carbons (Fsp3) is 0.385. The maximum absolute atomic E-state index is 11.8. The average molecular weight is 329 g/mol. The van der Waals surface area contributed by atoms with E-state index in [4.69, 9.17) is 5.11 Å². The maximum Gasteiger partial charge on any atom is 0.251 e. The fourth-order valence-corrected chi connectivity index (χ4v) is 2.04. The summed E-state index contributed by atoms with van der Waals surface area (Å²) in [6, 6.07) is 5.50. The number of hydrogen-bond acceptors (Lipinski definition) is 3. The first-order valence-corrected chi connectivity index (χ1v) is 6.59. The third-order valence-corrected chi connectivity index (χ3v) is 3.07. The summed E-state index contributed by atoms with van der Waals surface area (Å²) in [7, 11) is 1.48. The summed E-state index contributed by atoms with van der Waals surface area (Å²) in [5.41, 5.74) is 1.62. The third kappa shape index (κ3) is 4.65. The number of benzene rings is 1. The number of halogens is 1. The van der Waals surface area contributed by atoms with Crippen LogP contribution in [0, 0.1) is 6.92 Å². The molecule has 2 N–H and O–H groups in total. The molecule has 0 radical (unpaired) electrons. The van der Waals surface area contributed by atoms with Gasteiger partial charge in [0.2, 0.25) is 5.91 Å². The Balaban J connectivity index is 2.63. The van der Waals surface area contributed by atoms with E-state index in [9.17, 15) is 9.59 Å². The van der Waals surface area contributed by atoms with Crippen molar-refractivity contribution in [2.75, 3.05) is 18.9 Å². The standard InChI is InChI=1S/C13H17BrN2O3/c1-8-6-10(14)4-5-11(8)15-12(18)7-16(3)13(19)9(2)17/h4-6,9,17H,7H2,1-3H3,(H,15,18). The van der Waals surface area contributed by atoms with Gasteiger partial charge >= 0.3 is 0 Å². The number of hydrogen-bond donors (Lipinski definition) is 2. The lowest BCUT2D eigenvalue weighted by molar-refractivity contribution is -0.140. The number of rotatable bonds is 4. The van der Waals surface area contributed by atoms with Crippen LogP contribution in [-0.2, 0) is 9.59 Å². The molecular weight excluding hydrogens is 312 g/mol. The van der Waals surface area contributed by atoms with Crippen LogP contribution < -0.4 is 5.32 Å². The van der Waals surface area contributed by atoms with E-state index in [2.05, 4.69) is 21.2 Å². The van der Waals surface area contributed by atoms with Crippen LogP contribution in [0.15, 0.2) is 22.7 Å². The minimum absolute atomic E-state index is 0.0980. The summed E-state index contributed by atoms with van der Waals surface area (Å²) >= 11 is 3.34. The molecule has 0 spiro atoms. The summed E-state index contributed by atoms with van der Waals surface area (Å²) in [4.78, 5) is 24.4. The molecule has 0 heterocycles. The number of nitrogens with zero attached hydrogens (tertiary/aromatic N) is 1. The summed E-state index contributed by atoms with van der Waals surface area (Å²) < 4.78 is 0.935. The van der Waals surface area contributed by atoms with Crippen LogP contribution in [0.5, 0.6) is 0 Å². The number of aliphatic hydroxyl groups excluding tert-OH is 1. The maximum atomic E-state index is 11.8. The van der Waals surface area contributed by atoms with Crippen molar-refractivity contribution < 1.29 is 14.7 Å². The molecule has 0 bridgehead atoms. The number of aryl methyl sites for hydroxylation is 1. The Kier molecular flexibility index (Phi) is 5.50. The second-order valence-corrected chi connectivity index (χ2v) is 5.29. The minimum atomic E-state index is -1.10. The number of carbonyl (C=O) groups is 2. The molecule has 1 aromatic carbocycles. The molecule has 0 aliphatic rings. The van der Waals surface area contributed by atoms with Crippen molar-refractivity contribution in [3.8, 4) is 0 Å². The van der Waals surface area contributed by atoms with E-state index >= 15 is 0 Å². The Morgan fingerprint density at radius 3 is 2.63 bits per heavy atom. The molecule has 1 unspecified atom stereocenters. The highest BCUT2D eigenvalue weighted by Gasteiger charge is 2.17. The van der Waals surface area contributed by atoms with Gasteiger partial charge in [-0.1, -0.05) is 15.9 Å². The number of anilines is 1. The van der Waals surface area contributed by atoms with Crippen molar-refractivity contribution in [2.24, 2.45) is 0 Å². The Bertz CT molecular complexity index is 489. The molecule has 1 aromatic rings. The predicted octanol–water partition coefficient (Wildman–Crippen LogP) is 1.54. The Morgan fingerprint density at radius 1 is 1.47 bits per heavy atom. The molecular formula is C13H17BrN2O3. The quantitative estimate of drug-likeness (QED) is 0.880. The Morgan fingerprint density at radius 2 is 2.11 bits per heavy atom. The van der Waals surface area contributed by atoms with Gasteiger partial charge in [0.1, 0.15) is 6.10 Å². The van der Waals surface area contributed by atoms with Gasteiger partial charge in [0, 0.05) is 17.2 Å². The smallest absolute Gasteiger partial charge is 0.251 e. The van der Waals surface area contributed by atoms with Gasteiger partial charge in [-0.05, 0) is 37.6 Å². The van der Waals surface area contributed by atoms with Gasteiger partial charge in [0.05, 0.1) is 6.54 Å². The number of nitrogens with one attached hydrogen (secondary N) is 1. The fourth-order valence-electron chi connectivity index (χ4n) is 1.57. The SMILES string of the molecule is Cc1cc(Br)ccc1NC(=O)CN(C)C(=O)C(C)O. The van der Waals surface area contributed by atoms with Crippen molar-refractivity contribution in [3.05, 3.63) is 28.2 Å². The molecule has 104 valence electrons. The zero-order valence-corrected chi connectivity index (χ0v) is 12.7. The summed E-state index contributed by atoms with van der Waals surface area (Å²) in [6.07, 6.45) is -1.10. The lowest BCUT2D eigenvalue weighted by Gasteiger charge is -2.18. The van der Waals surface area contributed by atoms with Crippen LogP contribution in [0.3, 0.4) is 0 Å². The lowest BCUT2D eigenvalue weighted by Crippen LogP contribution is -2.39. The molecule has 0 aliphatic heterocycles. The van der Waals surface area contributed by atoms with Crippen LogP contribution in [0.1, 0.15) is 12.5 Å². The van der Waals surface area contributed by atoms with Gasteiger partial charge in [-0.2, -0.15) is 0 Å². The number of carbonyl (C=O) groups excluding carboxylic acids is 2. The van der Waals surface area contributed by atoms with E-state index in [1.807, 2.05) is 19.1 Å². The van der Waals surface area contributed by atoms with Crippen LogP contribution in [0.25, 0.3) is 0 Å². The van der Waals surface area contributed by atoms with Gasteiger partial charge in [0.25, 0.3) is 5.91 Å². The van der Waals surface area contributed by atoms with Crippen molar-refractivity contribution in [1.82, 2.24) is 4.90 Å². The zero-order valence-electron chi connectivity index (χ0n) is 11.1. The largest absolute Gasteiger partial charge is 0.384 e. The highest BCUT2D eigenvalue weighted by Crippen LogP contribution is 2.19. The molecule has 1 atom stereocenters. The second-order valence-electron chi connectivity index (χ2n) is 4.38. The van der Waals surface area contributed by atoms with Crippen LogP contribution in [-0.4, -0.2) is 41.5 Å². The molecule has 0 aromatic heterocycles. The molecule has 0 saturated carbocycles. The van der Waals surface area contributed by atoms with Crippen molar-refractivity contribution in [3.63, 3.8) is 0 Å². The summed E-state index contributed by atoms with van der Waals surface area (Å²) in [6.45, 7) is 3.15. The monoisotopic (exact) mass is 328 g/mol. The van der Waals surface area contributed by atoms with Crippen molar-refractivity contribution >= 4 is 33.4 Å². The highest BCUT2D eigenvalue weighted by atomic mass is 79.9. The van der Waals surface area contributed by atoms with Gasteiger partial charge < -0.3 is 15.3 Å². The van der Waals surface area contributed by atoms with Crippen molar-refractivity contribution in [1.29, 1.82) is 0 Å². The van der Waals surface area contributed by atoms with E-state index in [0.29, 0.717) is 5.69 Å². The van der Waals surface area contributed by atoms with Gasteiger partial charge in [-0.25, -0.2) is 0 Å². The molecule has 0 saturated heterocycles. The molecule has 0 fully saturated rings. The summed E-state index contributed by atoms with van der Waals surface area (Å²) in [5.74, 6) is -0.787. The third-order valence-electron chi connectivity index (χ3n) is 2.58. The summed E-state index contributed by atoms with van der Waals surface area (Å²) in [5, 5.41) is 11.9. The Hall–Kier alpha value is -1.40. The molecule has 1 rings (SSSR count). The van der Waals surface area contributed by atoms with Crippen LogP contribution in [0.4, 0.5) is 5.69 Å². The van der Waals surface area contributed by atoms with Gasteiger partial charge in [-0.15, -0.1) is 0 Å². The second kappa shape index (κ2) is 6.68. The first-order chi connectivity index (χ1) is 8.81. The topological polar surface area (TPSA) is 69.6 Å². The first-order valence-electron chi connectivity index (χ1n) is 5.80. The normalized spacial score (nSPS) is 11.8. The predicted molar refractivity (Wildman–Crippen MR) is 76.8 cm³/mol. The molecule has 6 heteroatoms. The highest BCUT2D eigenvalue weighted by molar-refractivity contribution is 9.10. The van der Waals surface area contributed by atoms with E-state index in [1.54, 1.807) is 6.07 Å². The zero-order chi connectivity index (χ0) is 14.6. The van der Waals surface area contributed by atoms with E-state index in [1.165, 1.54) is 18.9 Å².